The number of hydrogen-bond acceptors (Lipinski definition) is 4. The molecule has 4 rings (SSSR count). The Morgan fingerprint density at radius 3 is 2.56 bits per heavy atom. The van der Waals surface area contributed by atoms with E-state index in [-0.39, 0.29) is 23.1 Å². The molecule has 0 spiro atoms. The Labute approximate surface area is 148 Å². The fourth-order valence-corrected chi connectivity index (χ4v) is 4.11. The minimum atomic E-state index is -0.242. The summed E-state index contributed by atoms with van der Waals surface area (Å²) in [7, 11) is 0. The van der Waals surface area contributed by atoms with Crippen LogP contribution in [0.5, 0.6) is 0 Å². The zero-order valence-electron chi connectivity index (χ0n) is 14.9. The van der Waals surface area contributed by atoms with Crippen molar-refractivity contribution in [2.24, 2.45) is 0 Å². The van der Waals surface area contributed by atoms with E-state index in [9.17, 15) is 9.59 Å². The van der Waals surface area contributed by atoms with Crippen LogP contribution in [0.25, 0.3) is 0 Å². The molecule has 1 saturated carbocycles. The van der Waals surface area contributed by atoms with E-state index in [0.29, 0.717) is 18.5 Å². The molecule has 136 valence electrons. The van der Waals surface area contributed by atoms with E-state index in [2.05, 4.69) is 16.8 Å². The van der Waals surface area contributed by atoms with Crippen molar-refractivity contribution in [2.45, 2.75) is 50.6 Å². The summed E-state index contributed by atoms with van der Waals surface area (Å²) in [6, 6.07) is 4.31. The van der Waals surface area contributed by atoms with Crippen LogP contribution in [-0.2, 0) is 4.74 Å². The van der Waals surface area contributed by atoms with Gasteiger partial charge in [-0.1, -0.05) is 0 Å². The highest BCUT2D eigenvalue weighted by Crippen LogP contribution is 2.38. The van der Waals surface area contributed by atoms with Crippen molar-refractivity contribution in [3.8, 4) is 0 Å². The van der Waals surface area contributed by atoms with Crippen molar-refractivity contribution in [3.05, 3.63) is 33.7 Å². The number of nitrogens with one attached hydrogen (secondary N) is 1. The third-order valence-electron chi connectivity index (χ3n) is 5.81. The number of ether oxygens (including phenoxy) is 1. The number of hydrogen-bond donors (Lipinski definition) is 1. The Kier molecular flexibility index (Phi) is 4.65. The van der Waals surface area contributed by atoms with Crippen molar-refractivity contribution < 1.29 is 9.53 Å². The molecule has 1 amide bonds. The van der Waals surface area contributed by atoms with Crippen LogP contribution in [-0.4, -0.2) is 65.6 Å². The van der Waals surface area contributed by atoms with Crippen molar-refractivity contribution in [3.63, 3.8) is 0 Å². The summed E-state index contributed by atoms with van der Waals surface area (Å²) in [4.78, 5) is 32.5. The normalized spacial score (nSPS) is 26.0. The second-order valence-electron chi connectivity index (χ2n) is 7.62. The first kappa shape index (κ1) is 16.8. The van der Waals surface area contributed by atoms with Crippen LogP contribution in [0, 0.1) is 0 Å². The van der Waals surface area contributed by atoms with Crippen molar-refractivity contribution in [1.29, 1.82) is 0 Å². The number of aromatic nitrogens is 1. The summed E-state index contributed by atoms with van der Waals surface area (Å²) in [5.41, 5.74) is 1.00. The van der Waals surface area contributed by atoms with E-state index < -0.39 is 0 Å². The topological polar surface area (TPSA) is 65.6 Å². The molecular weight excluding hydrogens is 318 g/mol. The lowest BCUT2D eigenvalue weighted by molar-refractivity contribution is 0.000660. The van der Waals surface area contributed by atoms with E-state index >= 15 is 0 Å². The molecule has 2 saturated heterocycles. The first-order valence-corrected chi connectivity index (χ1v) is 9.49. The average molecular weight is 345 g/mol. The molecular formula is C19H27N3O3. The lowest BCUT2D eigenvalue weighted by Gasteiger charge is -2.44. The summed E-state index contributed by atoms with van der Waals surface area (Å²) in [6.07, 6.45) is 4.41. The van der Waals surface area contributed by atoms with Gasteiger partial charge in [-0.25, -0.2) is 0 Å². The molecule has 2 aliphatic heterocycles. The number of aromatic amines is 1. The predicted octanol–water partition coefficient (Wildman–Crippen LogP) is 1.58. The Morgan fingerprint density at radius 1 is 1.16 bits per heavy atom. The standard InChI is InChI=1S/C19H27N3O3/c1-13-12-21(15-6-10-25-11-7-15)8-9-22(13)19(24)16-4-5-17(14-2-3-14)20-18(16)23/h4-5,13-15H,2-3,6-12H2,1H3,(H,20,23)/t13-/m1/s1. The molecule has 0 unspecified atom stereocenters. The fraction of sp³-hybridized carbons (Fsp3) is 0.684. The van der Waals surface area contributed by atoms with Gasteiger partial charge in [-0.3, -0.25) is 14.5 Å². The van der Waals surface area contributed by atoms with Gasteiger partial charge in [-0.2, -0.15) is 0 Å². The summed E-state index contributed by atoms with van der Waals surface area (Å²) in [6.45, 7) is 6.17. The lowest BCUT2D eigenvalue weighted by atomic mass is 10.0. The maximum Gasteiger partial charge on any atom is 0.261 e. The van der Waals surface area contributed by atoms with Gasteiger partial charge in [-0.05, 0) is 50.7 Å². The van der Waals surface area contributed by atoms with E-state index in [1.165, 1.54) is 0 Å². The average Bonchev–Trinajstić information content (AvgIpc) is 3.47. The van der Waals surface area contributed by atoms with Crippen LogP contribution in [0.4, 0.5) is 0 Å². The third kappa shape index (κ3) is 3.51. The number of H-pyrrole nitrogens is 1. The van der Waals surface area contributed by atoms with Crippen LogP contribution in [0.15, 0.2) is 16.9 Å². The van der Waals surface area contributed by atoms with Gasteiger partial charge in [0.1, 0.15) is 5.56 Å². The number of rotatable bonds is 3. The summed E-state index contributed by atoms with van der Waals surface area (Å²) in [5, 5.41) is 0. The molecule has 0 aromatic carbocycles. The monoisotopic (exact) mass is 345 g/mol. The van der Waals surface area contributed by atoms with E-state index in [0.717, 1.165) is 57.7 Å². The van der Waals surface area contributed by atoms with E-state index in [1.54, 1.807) is 6.07 Å². The van der Waals surface area contributed by atoms with Gasteiger partial charge in [0.15, 0.2) is 0 Å². The van der Waals surface area contributed by atoms with E-state index in [4.69, 9.17) is 4.74 Å². The van der Waals surface area contributed by atoms with Crippen molar-refractivity contribution in [1.82, 2.24) is 14.8 Å². The maximum atomic E-state index is 12.9. The minimum absolute atomic E-state index is 0.117. The number of nitrogens with zero attached hydrogens (tertiary/aromatic N) is 2. The van der Waals surface area contributed by atoms with E-state index in [1.807, 2.05) is 11.0 Å². The SMILES string of the molecule is C[C@@H]1CN(C2CCOCC2)CCN1C(=O)c1ccc(C2CC2)[nH]c1=O. The van der Waals surface area contributed by atoms with Gasteiger partial charge in [0.25, 0.3) is 11.5 Å². The maximum absolute atomic E-state index is 12.9. The number of amides is 1. The Morgan fingerprint density at radius 2 is 1.92 bits per heavy atom. The van der Waals surface area contributed by atoms with Gasteiger partial charge < -0.3 is 14.6 Å². The Bertz CT molecular complexity index is 691. The molecule has 3 aliphatic rings. The fourth-order valence-electron chi connectivity index (χ4n) is 4.11. The molecule has 0 bridgehead atoms. The highest BCUT2D eigenvalue weighted by atomic mass is 16.5. The molecule has 1 atom stereocenters. The molecule has 0 radical (unpaired) electrons. The highest BCUT2D eigenvalue weighted by Gasteiger charge is 2.33. The molecule has 25 heavy (non-hydrogen) atoms. The second-order valence-corrected chi connectivity index (χ2v) is 7.62. The largest absolute Gasteiger partial charge is 0.381 e. The van der Waals surface area contributed by atoms with Gasteiger partial charge in [0.2, 0.25) is 0 Å². The lowest BCUT2D eigenvalue weighted by Crippen LogP contribution is -2.57. The van der Waals surface area contributed by atoms with Crippen LogP contribution in [0.3, 0.4) is 0 Å². The zero-order chi connectivity index (χ0) is 17.4. The Hall–Kier alpha value is -1.66. The van der Waals surface area contributed by atoms with Crippen LogP contribution in [0.2, 0.25) is 0 Å². The van der Waals surface area contributed by atoms with Crippen LogP contribution < -0.4 is 5.56 Å². The number of carbonyl (C=O) groups excluding carboxylic acids is 1. The molecule has 1 aromatic heterocycles. The molecule has 1 aliphatic carbocycles. The summed E-state index contributed by atoms with van der Waals surface area (Å²) < 4.78 is 5.45. The Balaban J connectivity index is 1.43. The van der Waals surface area contributed by atoms with Crippen molar-refractivity contribution in [2.75, 3.05) is 32.8 Å². The van der Waals surface area contributed by atoms with Crippen molar-refractivity contribution >= 4 is 5.91 Å². The molecule has 6 heteroatoms. The van der Waals surface area contributed by atoms with Gasteiger partial charge in [0, 0.05) is 50.6 Å². The highest BCUT2D eigenvalue weighted by molar-refractivity contribution is 5.94. The molecule has 3 fully saturated rings. The molecule has 1 aromatic rings. The zero-order valence-corrected chi connectivity index (χ0v) is 14.9. The molecule has 3 heterocycles. The number of piperazine rings is 1. The quantitative estimate of drug-likeness (QED) is 0.903. The molecule has 6 nitrogen and oxygen atoms in total. The summed E-state index contributed by atoms with van der Waals surface area (Å²) >= 11 is 0. The number of carbonyl (C=O) groups is 1. The van der Waals surface area contributed by atoms with Crippen LogP contribution in [0.1, 0.15) is 54.6 Å². The number of pyridine rings is 1. The first-order chi connectivity index (χ1) is 12.1. The molecule has 1 N–H and O–H groups in total. The smallest absolute Gasteiger partial charge is 0.261 e. The predicted molar refractivity (Wildman–Crippen MR) is 95.0 cm³/mol. The first-order valence-electron chi connectivity index (χ1n) is 9.49. The van der Waals surface area contributed by atoms with Gasteiger partial charge in [-0.15, -0.1) is 0 Å². The third-order valence-corrected chi connectivity index (χ3v) is 5.81. The minimum Gasteiger partial charge on any atom is -0.381 e. The van der Waals surface area contributed by atoms with Gasteiger partial charge >= 0.3 is 0 Å². The second kappa shape index (κ2) is 6.92. The van der Waals surface area contributed by atoms with Crippen LogP contribution >= 0.6 is 0 Å². The summed E-state index contributed by atoms with van der Waals surface area (Å²) in [5.74, 6) is 0.349. The van der Waals surface area contributed by atoms with Gasteiger partial charge in [0.05, 0.1) is 0 Å².